The molecule has 1 aliphatic rings. The number of nitrogens with zero attached hydrogens (tertiary/aromatic N) is 2. The van der Waals surface area contributed by atoms with Crippen LogP contribution in [-0.2, 0) is 9.53 Å². The second kappa shape index (κ2) is 5.41. The van der Waals surface area contributed by atoms with Gasteiger partial charge in [-0.25, -0.2) is 4.79 Å². The van der Waals surface area contributed by atoms with Crippen LogP contribution < -0.4 is 0 Å². The first-order valence-electron chi connectivity index (χ1n) is 6.38. The Balaban J connectivity index is 1.74. The molecule has 2 N–H and O–H groups in total. The molecule has 0 spiro atoms. The van der Waals surface area contributed by atoms with Gasteiger partial charge in [0, 0.05) is 12.6 Å². The highest BCUT2D eigenvalue weighted by Crippen LogP contribution is 2.19. The highest BCUT2D eigenvalue weighted by Gasteiger charge is 2.30. The van der Waals surface area contributed by atoms with E-state index in [1.807, 2.05) is 0 Å². The number of furan rings is 1. The van der Waals surface area contributed by atoms with Crippen LogP contribution in [0.4, 0.5) is 0 Å². The fourth-order valence-corrected chi connectivity index (χ4v) is 2.13. The van der Waals surface area contributed by atoms with E-state index in [2.05, 4.69) is 10.2 Å². The van der Waals surface area contributed by atoms with Gasteiger partial charge in [0.25, 0.3) is 5.91 Å². The molecule has 0 aromatic carbocycles. The number of carbonyl (C=O) groups is 2. The van der Waals surface area contributed by atoms with E-state index < -0.39 is 12.1 Å². The van der Waals surface area contributed by atoms with Gasteiger partial charge in [-0.3, -0.25) is 9.89 Å². The van der Waals surface area contributed by atoms with Gasteiger partial charge in [-0.15, -0.1) is 0 Å². The Morgan fingerprint density at radius 3 is 3.05 bits per heavy atom. The smallest absolute Gasteiger partial charge is 0.334 e. The van der Waals surface area contributed by atoms with Crippen LogP contribution in [0.2, 0.25) is 0 Å². The van der Waals surface area contributed by atoms with E-state index in [4.69, 9.17) is 14.3 Å². The van der Waals surface area contributed by atoms with E-state index in [0.29, 0.717) is 18.0 Å². The number of H-pyrrole nitrogens is 1. The first-order valence-corrected chi connectivity index (χ1v) is 6.38. The summed E-state index contributed by atoms with van der Waals surface area (Å²) in [6, 6.07) is 5.06. The number of hydrogen-bond donors (Lipinski definition) is 2. The number of aromatic amines is 1. The molecule has 3 rings (SSSR count). The van der Waals surface area contributed by atoms with Gasteiger partial charge in [-0.2, -0.15) is 5.10 Å². The lowest BCUT2D eigenvalue weighted by Gasteiger charge is -2.30. The number of morpholine rings is 1. The van der Waals surface area contributed by atoms with Crippen molar-refractivity contribution in [1.29, 1.82) is 0 Å². The quantitative estimate of drug-likeness (QED) is 0.857. The van der Waals surface area contributed by atoms with E-state index in [-0.39, 0.29) is 24.8 Å². The van der Waals surface area contributed by atoms with Gasteiger partial charge in [0.05, 0.1) is 19.4 Å². The molecular formula is C13H13N3O5. The standard InChI is InChI=1S/C13H13N3O5/c17-12(16-3-5-21-11(7-16)13(18)19)9-6-8(14-15-9)10-2-1-4-20-10/h1-2,4,6,11H,3,5,7H2,(H,14,15)(H,18,19). The summed E-state index contributed by atoms with van der Waals surface area (Å²) in [4.78, 5) is 24.7. The van der Waals surface area contributed by atoms with Crippen molar-refractivity contribution in [3.05, 3.63) is 30.2 Å². The van der Waals surface area contributed by atoms with Gasteiger partial charge in [-0.1, -0.05) is 0 Å². The topological polar surface area (TPSA) is 109 Å². The number of nitrogens with one attached hydrogen (secondary N) is 1. The van der Waals surface area contributed by atoms with Crippen LogP contribution in [0.1, 0.15) is 10.5 Å². The van der Waals surface area contributed by atoms with Crippen molar-refractivity contribution in [2.75, 3.05) is 19.7 Å². The number of aromatic nitrogens is 2. The summed E-state index contributed by atoms with van der Waals surface area (Å²) in [7, 11) is 0. The molecule has 21 heavy (non-hydrogen) atoms. The van der Waals surface area contributed by atoms with Gasteiger partial charge in [0.15, 0.2) is 17.6 Å². The average molecular weight is 291 g/mol. The normalized spacial score (nSPS) is 18.7. The minimum atomic E-state index is -1.08. The summed E-state index contributed by atoms with van der Waals surface area (Å²) in [5.41, 5.74) is 0.804. The van der Waals surface area contributed by atoms with Crippen LogP contribution in [0.5, 0.6) is 0 Å². The van der Waals surface area contributed by atoms with Crippen molar-refractivity contribution < 1.29 is 23.8 Å². The third-order valence-electron chi connectivity index (χ3n) is 3.21. The Kier molecular flexibility index (Phi) is 3.44. The third kappa shape index (κ3) is 2.65. The van der Waals surface area contributed by atoms with Gasteiger partial charge in [0.1, 0.15) is 5.69 Å². The molecular weight excluding hydrogens is 278 g/mol. The zero-order valence-electron chi connectivity index (χ0n) is 11.0. The van der Waals surface area contributed by atoms with Crippen molar-refractivity contribution in [1.82, 2.24) is 15.1 Å². The van der Waals surface area contributed by atoms with Gasteiger partial charge in [-0.05, 0) is 12.1 Å². The Morgan fingerprint density at radius 1 is 1.48 bits per heavy atom. The summed E-state index contributed by atoms with van der Waals surface area (Å²) in [5, 5.41) is 15.6. The molecule has 8 nitrogen and oxygen atoms in total. The Labute approximate surface area is 119 Å². The van der Waals surface area contributed by atoms with Crippen LogP contribution in [-0.4, -0.2) is 57.9 Å². The molecule has 8 heteroatoms. The lowest BCUT2D eigenvalue weighted by atomic mass is 10.2. The number of amides is 1. The van der Waals surface area contributed by atoms with E-state index in [1.54, 1.807) is 18.2 Å². The molecule has 3 heterocycles. The molecule has 0 radical (unpaired) electrons. The first-order chi connectivity index (χ1) is 10.1. The van der Waals surface area contributed by atoms with Crippen LogP contribution >= 0.6 is 0 Å². The molecule has 0 aliphatic carbocycles. The molecule has 1 saturated heterocycles. The van der Waals surface area contributed by atoms with E-state index in [0.717, 1.165) is 0 Å². The molecule has 2 aromatic rings. The molecule has 0 bridgehead atoms. The Bertz CT molecular complexity index is 649. The van der Waals surface area contributed by atoms with Crippen LogP contribution in [0, 0.1) is 0 Å². The molecule has 1 atom stereocenters. The predicted molar refractivity (Wildman–Crippen MR) is 69.6 cm³/mol. The number of ether oxygens (including phenoxy) is 1. The van der Waals surface area contributed by atoms with E-state index in [1.165, 1.54) is 11.2 Å². The summed E-state index contributed by atoms with van der Waals surface area (Å²) in [5.74, 6) is -0.837. The predicted octanol–water partition coefficient (Wildman–Crippen LogP) is 0.595. The molecule has 2 aromatic heterocycles. The maximum atomic E-state index is 12.3. The van der Waals surface area contributed by atoms with Crippen molar-refractivity contribution in [3.8, 4) is 11.5 Å². The minimum absolute atomic E-state index is 0.0110. The number of rotatable bonds is 3. The molecule has 110 valence electrons. The summed E-state index contributed by atoms with van der Waals surface area (Å²) >= 11 is 0. The SMILES string of the molecule is O=C(O)C1CN(C(=O)c2cc(-c3ccco3)[nH]n2)CCO1. The summed E-state index contributed by atoms with van der Waals surface area (Å²) < 4.78 is 10.3. The monoisotopic (exact) mass is 291 g/mol. The van der Waals surface area contributed by atoms with Crippen LogP contribution in [0.3, 0.4) is 0 Å². The molecule has 1 amide bonds. The van der Waals surface area contributed by atoms with Crippen molar-refractivity contribution in [2.45, 2.75) is 6.10 Å². The Morgan fingerprint density at radius 2 is 2.33 bits per heavy atom. The van der Waals surface area contributed by atoms with Gasteiger partial charge < -0.3 is 19.2 Å². The lowest BCUT2D eigenvalue weighted by molar-refractivity contribution is -0.154. The molecule has 1 aliphatic heterocycles. The molecule has 1 unspecified atom stereocenters. The van der Waals surface area contributed by atoms with Crippen LogP contribution in [0.15, 0.2) is 28.9 Å². The van der Waals surface area contributed by atoms with Crippen molar-refractivity contribution in [2.24, 2.45) is 0 Å². The van der Waals surface area contributed by atoms with E-state index >= 15 is 0 Å². The molecule has 1 fully saturated rings. The second-order valence-corrected chi connectivity index (χ2v) is 4.59. The zero-order valence-corrected chi connectivity index (χ0v) is 11.0. The number of carboxylic acid groups (broad SMARTS) is 1. The number of carbonyl (C=O) groups excluding carboxylic acids is 1. The average Bonchev–Trinajstić information content (AvgIpc) is 3.17. The Hall–Kier alpha value is -2.61. The number of aliphatic carboxylic acids is 1. The fourth-order valence-electron chi connectivity index (χ4n) is 2.13. The lowest BCUT2D eigenvalue weighted by Crippen LogP contribution is -2.48. The fraction of sp³-hybridized carbons (Fsp3) is 0.308. The highest BCUT2D eigenvalue weighted by molar-refractivity contribution is 5.93. The maximum absolute atomic E-state index is 12.3. The van der Waals surface area contributed by atoms with Crippen molar-refractivity contribution in [3.63, 3.8) is 0 Å². The van der Waals surface area contributed by atoms with Gasteiger partial charge >= 0.3 is 5.97 Å². The number of hydrogen-bond acceptors (Lipinski definition) is 5. The third-order valence-corrected chi connectivity index (χ3v) is 3.21. The largest absolute Gasteiger partial charge is 0.479 e. The zero-order chi connectivity index (χ0) is 14.8. The number of carboxylic acids is 1. The highest BCUT2D eigenvalue weighted by atomic mass is 16.5. The molecule has 0 saturated carbocycles. The second-order valence-electron chi connectivity index (χ2n) is 4.59. The van der Waals surface area contributed by atoms with Crippen molar-refractivity contribution >= 4 is 11.9 Å². The minimum Gasteiger partial charge on any atom is -0.479 e. The maximum Gasteiger partial charge on any atom is 0.334 e. The van der Waals surface area contributed by atoms with Crippen LogP contribution in [0.25, 0.3) is 11.5 Å². The van der Waals surface area contributed by atoms with Gasteiger partial charge in [0.2, 0.25) is 0 Å². The van der Waals surface area contributed by atoms with E-state index in [9.17, 15) is 9.59 Å². The summed E-state index contributed by atoms with van der Waals surface area (Å²) in [6.45, 7) is 0.543. The summed E-state index contributed by atoms with van der Waals surface area (Å²) in [6.07, 6.45) is 0.531. The first kappa shape index (κ1) is 13.4.